The molecular weight excluding hydrogens is 238 g/mol. The Bertz CT molecular complexity index is 460. The summed E-state index contributed by atoms with van der Waals surface area (Å²) in [5.74, 6) is 0.885. The zero-order valence-corrected chi connectivity index (χ0v) is 11.8. The van der Waals surface area contributed by atoms with Gasteiger partial charge in [-0.1, -0.05) is 24.6 Å². The Morgan fingerprint density at radius 1 is 1.32 bits per heavy atom. The van der Waals surface area contributed by atoms with Crippen molar-refractivity contribution < 1.29 is 9.84 Å². The lowest BCUT2D eigenvalue weighted by molar-refractivity contribution is -0.0248. The van der Waals surface area contributed by atoms with Crippen LogP contribution in [0.15, 0.2) is 18.2 Å². The van der Waals surface area contributed by atoms with E-state index in [2.05, 4.69) is 11.8 Å². The lowest BCUT2D eigenvalue weighted by Crippen LogP contribution is -2.51. The van der Waals surface area contributed by atoms with Crippen molar-refractivity contribution >= 4 is 0 Å². The Kier molecular flexibility index (Phi) is 3.50. The first-order valence-electron chi connectivity index (χ1n) is 7.34. The van der Waals surface area contributed by atoms with Gasteiger partial charge in [-0.2, -0.15) is 0 Å². The minimum absolute atomic E-state index is 0.101. The maximum Gasteiger partial charge on any atom is 0.128 e. The van der Waals surface area contributed by atoms with Crippen LogP contribution >= 0.6 is 0 Å². The molecule has 1 N–H and O–H groups in total. The molecule has 3 atom stereocenters. The van der Waals surface area contributed by atoms with Crippen LogP contribution in [0.4, 0.5) is 0 Å². The van der Waals surface area contributed by atoms with Gasteiger partial charge in [-0.3, -0.25) is 4.90 Å². The molecule has 0 aliphatic carbocycles. The van der Waals surface area contributed by atoms with Crippen LogP contribution in [0, 0.1) is 6.92 Å². The summed E-state index contributed by atoms with van der Waals surface area (Å²) in [6.07, 6.45) is 3.33. The van der Waals surface area contributed by atoms with Crippen molar-refractivity contribution in [1.82, 2.24) is 4.90 Å². The van der Waals surface area contributed by atoms with Gasteiger partial charge < -0.3 is 9.84 Å². The first kappa shape index (κ1) is 12.9. The van der Waals surface area contributed by atoms with Crippen LogP contribution in [0.5, 0.6) is 5.75 Å². The van der Waals surface area contributed by atoms with Gasteiger partial charge in [0.25, 0.3) is 0 Å². The summed E-state index contributed by atoms with van der Waals surface area (Å²) in [6.45, 7) is 5.98. The predicted molar refractivity (Wildman–Crippen MR) is 75.4 cm³/mol. The van der Waals surface area contributed by atoms with Crippen molar-refractivity contribution in [3.63, 3.8) is 0 Å². The Morgan fingerprint density at radius 2 is 2.16 bits per heavy atom. The summed E-state index contributed by atoms with van der Waals surface area (Å²) in [6, 6.07) is 6.68. The molecule has 1 aromatic carbocycles. The van der Waals surface area contributed by atoms with E-state index in [0.717, 1.165) is 23.4 Å². The number of fused-ring (bicyclic) bond motifs is 1. The number of para-hydroxylation sites is 1. The lowest BCUT2D eigenvalue weighted by Gasteiger charge is -2.43. The zero-order valence-electron chi connectivity index (χ0n) is 11.8. The molecule has 19 heavy (non-hydrogen) atoms. The van der Waals surface area contributed by atoms with E-state index < -0.39 is 6.10 Å². The molecule has 1 saturated heterocycles. The number of likely N-dealkylation sites (tertiary alicyclic amines) is 1. The third-order valence-corrected chi connectivity index (χ3v) is 4.60. The summed E-state index contributed by atoms with van der Waals surface area (Å²) in [7, 11) is 0. The molecule has 3 nitrogen and oxygen atoms in total. The predicted octanol–water partition coefficient (Wildman–Crippen LogP) is 2.66. The van der Waals surface area contributed by atoms with E-state index in [1.54, 1.807) is 0 Å². The molecule has 3 unspecified atom stereocenters. The zero-order chi connectivity index (χ0) is 13.4. The van der Waals surface area contributed by atoms with Crippen LogP contribution in [0.1, 0.15) is 43.4 Å². The minimum atomic E-state index is -0.427. The number of rotatable bonds is 1. The van der Waals surface area contributed by atoms with Crippen molar-refractivity contribution in [1.29, 1.82) is 0 Å². The molecule has 104 valence electrons. The second kappa shape index (κ2) is 5.14. The van der Waals surface area contributed by atoms with Crippen molar-refractivity contribution in [3.05, 3.63) is 29.3 Å². The Balaban J connectivity index is 1.86. The van der Waals surface area contributed by atoms with Gasteiger partial charge in [-0.15, -0.1) is 0 Å². The van der Waals surface area contributed by atoms with Crippen molar-refractivity contribution in [2.24, 2.45) is 0 Å². The van der Waals surface area contributed by atoms with E-state index in [-0.39, 0.29) is 6.04 Å². The van der Waals surface area contributed by atoms with Gasteiger partial charge >= 0.3 is 0 Å². The van der Waals surface area contributed by atoms with Gasteiger partial charge in [0, 0.05) is 11.6 Å². The fraction of sp³-hybridized carbons (Fsp3) is 0.625. The highest BCUT2D eigenvalue weighted by molar-refractivity contribution is 5.44. The molecule has 0 amide bonds. The first-order chi connectivity index (χ1) is 9.18. The molecular formula is C16H23NO2. The van der Waals surface area contributed by atoms with E-state index in [4.69, 9.17) is 4.74 Å². The Labute approximate surface area is 115 Å². The minimum Gasteiger partial charge on any atom is -0.491 e. The average molecular weight is 261 g/mol. The molecule has 1 aromatic rings. The van der Waals surface area contributed by atoms with Gasteiger partial charge in [0.1, 0.15) is 18.5 Å². The van der Waals surface area contributed by atoms with E-state index in [1.165, 1.54) is 19.3 Å². The van der Waals surface area contributed by atoms with E-state index in [1.807, 2.05) is 25.1 Å². The molecule has 0 spiro atoms. The van der Waals surface area contributed by atoms with E-state index in [9.17, 15) is 5.11 Å². The SMILES string of the molecule is Cc1cccc2c1OCC(N1CCCCC1C)C2O. The fourth-order valence-electron chi connectivity index (χ4n) is 3.46. The van der Waals surface area contributed by atoms with E-state index >= 15 is 0 Å². The van der Waals surface area contributed by atoms with Crippen molar-refractivity contribution in [3.8, 4) is 5.75 Å². The topological polar surface area (TPSA) is 32.7 Å². The number of ether oxygens (including phenoxy) is 1. The second-order valence-corrected chi connectivity index (χ2v) is 5.90. The number of aliphatic hydroxyl groups excluding tert-OH is 1. The van der Waals surface area contributed by atoms with Crippen LogP contribution in [-0.4, -0.2) is 35.2 Å². The highest BCUT2D eigenvalue weighted by atomic mass is 16.5. The van der Waals surface area contributed by atoms with Gasteiger partial charge in [-0.05, 0) is 38.8 Å². The summed E-state index contributed by atoms with van der Waals surface area (Å²) in [5, 5.41) is 10.7. The molecule has 3 heteroatoms. The summed E-state index contributed by atoms with van der Waals surface area (Å²) >= 11 is 0. The number of nitrogens with zero attached hydrogens (tertiary/aromatic N) is 1. The molecule has 3 rings (SSSR count). The van der Waals surface area contributed by atoms with Crippen molar-refractivity contribution in [2.75, 3.05) is 13.2 Å². The van der Waals surface area contributed by atoms with Gasteiger partial charge in [-0.25, -0.2) is 0 Å². The molecule has 2 aliphatic rings. The standard InChI is InChI=1S/C16H23NO2/c1-11-6-5-8-13-15(18)14(10-19-16(11)13)17-9-4-3-7-12(17)2/h5-6,8,12,14-15,18H,3-4,7,9-10H2,1-2H3. The molecule has 0 aromatic heterocycles. The third kappa shape index (κ3) is 2.26. The normalized spacial score (nSPS) is 31.6. The molecule has 2 heterocycles. The van der Waals surface area contributed by atoms with Gasteiger partial charge in [0.05, 0.1) is 6.04 Å². The second-order valence-electron chi connectivity index (χ2n) is 5.90. The monoisotopic (exact) mass is 261 g/mol. The number of aryl methyl sites for hydroxylation is 1. The Morgan fingerprint density at radius 3 is 2.95 bits per heavy atom. The number of benzene rings is 1. The van der Waals surface area contributed by atoms with Crippen LogP contribution < -0.4 is 4.74 Å². The summed E-state index contributed by atoms with van der Waals surface area (Å²) in [5.41, 5.74) is 2.07. The van der Waals surface area contributed by atoms with Crippen molar-refractivity contribution in [2.45, 2.75) is 51.3 Å². The van der Waals surface area contributed by atoms with Gasteiger partial charge in [0.2, 0.25) is 0 Å². The summed E-state index contributed by atoms with van der Waals surface area (Å²) in [4.78, 5) is 2.43. The number of aliphatic hydroxyl groups is 1. The number of hydrogen-bond acceptors (Lipinski definition) is 3. The Hall–Kier alpha value is -1.06. The smallest absolute Gasteiger partial charge is 0.128 e. The molecule has 0 bridgehead atoms. The fourth-order valence-corrected chi connectivity index (χ4v) is 3.46. The first-order valence-corrected chi connectivity index (χ1v) is 7.34. The molecule has 1 fully saturated rings. The molecule has 0 radical (unpaired) electrons. The number of hydrogen-bond donors (Lipinski definition) is 1. The maximum atomic E-state index is 10.7. The van der Waals surface area contributed by atoms with Crippen LogP contribution in [0.2, 0.25) is 0 Å². The lowest BCUT2D eigenvalue weighted by atomic mass is 9.92. The maximum absolute atomic E-state index is 10.7. The highest BCUT2D eigenvalue weighted by Gasteiger charge is 2.36. The van der Waals surface area contributed by atoms with Crippen LogP contribution in [-0.2, 0) is 0 Å². The van der Waals surface area contributed by atoms with Crippen LogP contribution in [0.3, 0.4) is 0 Å². The quantitative estimate of drug-likeness (QED) is 0.843. The van der Waals surface area contributed by atoms with E-state index in [0.29, 0.717) is 12.6 Å². The highest BCUT2D eigenvalue weighted by Crippen LogP contribution is 2.37. The van der Waals surface area contributed by atoms with Crippen LogP contribution in [0.25, 0.3) is 0 Å². The molecule has 0 saturated carbocycles. The largest absolute Gasteiger partial charge is 0.491 e. The summed E-state index contributed by atoms with van der Waals surface area (Å²) < 4.78 is 5.94. The average Bonchev–Trinajstić information content (AvgIpc) is 2.41. The third-order valence-electron chi connectivity index (χ3n) is 4.60. The van der Waals surface area contributed by atoms with Gasteiger partial charge in [0.15, 0.2) is 0 Å². The molecule has 2 aliphatic heterocycles. The number of piperidine rings is 1.